The second-order valence-electron chi connectivity index (χ2n) is 6.16. The van der Waals surface area contributed by atoms with Gasteiger partial charge >= 0.3 is 0 Å². The SMILES string of the molecule is CCC(C)C(C)(O)CNC(=O)c1cccc(Oc2ccncc2)c1. The lowest BCUT2D eigenvalue weighted by Crippen LogP contribution is -2.45. The zero-order valence-corrected chi connectivity index (χ0v) is 14.3. The molecule has 5 nitrogen and oxygen atoms in total. The first kappa shape index (κ1) is 17.9. The van der Waals surface area contributed by atoms with Crippen LogP contribution >= 0.6 is 0 Å². The molecule has 24 heavy (non-hydrogen) atoms. The summed E-state index contributed by atoms with van der Waals surface area (Å²) < 4.78 is 5.70. The molecule has 0 saturated heterocycles. The number of nitrogens with zero attached hydrogens (tertiary/aromatic N) is 1. The largest absolute Gasteiger partial charge is 0.457 e. The second-order valence-corrected chi connectivity index (χ2v) is 6.16. The molecular formula is C19H24N2O3. The summed E-state index contributed by atoms with van der Waals surface area (Å²) in [4.78, 5) is 16.3. The number of carbonyl (C=O) groups is 1. The van der Waals surface area contributed by atoms with E-state index in [4.69, 9.17) is 4.74 Å². The summed E-state index contributed by atoms with van der Waals surface area (Å²) in [7, 11) is 0. The Labute approximate surface area is 142 Å². The molecule has 0 fully saturated rings. The zero-order chi connectivity index (χ0) is 17.6. The van der Waals surface area contributed by atoms with Crippen molar-refractivity contribution in [2.24, 2.45) is 5.92 Å². The number of ether oxygens (including phenoxy) is 1. The number of aliphatic hydroxyl groups is 1. The summed E-state index contributed by atoms with van der Waals surface area (Å²) in [5.41, 5.74) is -0.447. The van der Waals surface area contributed by atoms with Crippen molar-refractivity contribution in [3.8, 4) is 11.5 Å². The maximum atomic E-state index is 12.3. The fourth-order valence-corrected chi connectivity index (χ4v) is 2.22. The number of nitrogens with one attached hydrogen (secondary N) is 1. The molecule has 2 aromatic rings. The highest BCUT2D eigenvalue weighted by atomic mass is 16.5. The van der Waals surface area contributed by atoms with Gasteiger partial charge in [-0.25, -0.2) is 0 Å². The summed E-state index contributed by atoms with van der Waals surface area (Å²) in [6, 6.07) is 10.4. The minimum atomic E-state index is -0.935. The second kappa shape index (κ2) is 7.93. The van der Waals surface area contributed by atoms with Crippen LogP contribution in [0.5, 0.6) is 11.5 Å². The third kappa shape index (κ3) is 4.80. The van der Waals surface area contributed by atoms with Crippen LogP contribution in [0.3, 0.4) is 0 Å². The number of pyridine rings is 1. The molecule has 0 saturated carbocycles. The van der Waals surface area contributed by atoms with E-state index in [0.717, 1.165) is 6.42 Å². The average Bonchev–Trinajstić information content (AvgIpc) is 2.60. The van der Waals surface area contributed by atoms with Crippen LogP contribution in [0, 0.1) is 5.92 Å². The Morgan fingerprint density at radius 2 is 2.00 bits per heavy atom. The van der Waals surface area contributed by atoms with Gasteiger partial charge in [0.15, 0.2) is 0 Å². The molecule has 2 N–H and O–H groups in total. The quantitative estimate of drug-likeness (QED) is 0.817. The zero-order valence-electron chi connectivity index (χ0n) is 14.3. The van der Waals surface area contributed by atoms with E-state index in [1.165, 1.54) is 0 Å². The molecule has 2 rings (SSSR count). The first-order valence-electron chi connectivity index (χ1n) is 8.11. The summed E-state index contributed by atoms with van der Waals surface area (Å²) in [6.45, 7) is 5.93. The number of aromatic nitrogens is 1. The number of hydrogen-bond acceptors (Lipinski definition) is 4. The van der Waals surface area contributed by atoms with E-state index in [0.29, 0.717) is 17.1 Å². The lowest BCUT2D eigenvalue weighted by Gasteiger charge is -2.29. The summed E-state index contributed by atoms with van der Waals surface area (Å²) >= 11 is 0. The summed E-state index contributed by atoms with van der Waals surface area (Å²) in [5.74, 6) is 1.09. The third-order valence-corrected chi connectivity index (χ3v) is 4.26. The van der Waals surface area contributed by atoms with Crippen molar-refractivity contribution in [3.63, 3.8) is 0 Å². The molecule has 2 unspecified atom stereocenters. The van der Waals surface area contributed by atoms with Gasteiger partial charge in [-0.1, -0.05) is 26.3 Å². The Morgan fingerprint density at radius 1 is 1.29 bits per heavy atom. The first-order chi connectivity index (χ1) is 11.4. The standard InChI is InChI=1S/C19H24N2O3/c1-4-14(2)19(3,23)13-21-18(22)15-6-5-7-17(12-15)24-16-8-10-20-11-9-16/h5-12,14,23H,4,13H2,1-3H3,(H,21,22). The smallest absolute Gasteiger partial charge is 0.251 e. The van der Waals surface area contributed by atoms with Crippen molar-refractivity contribution >= 4 is 5.91 Å². The number of hydrogen-bond donors (Lipinski definition) is 2. The molecule has 128 valence electrons. The van der Waals surface area contributed by atoms with Crippen LogP contribution in [0.1, 0.15) is 37.6 Å². The fraction of sp³-hybridized carbons (Fsp3) is 0.368. The predicted molar refractivity (Wildman–Crippen MR) is 93.2 cm³/mol. The van der Waals surface area contributed by atoms with Crippen LogP contribution in [0.2, 0.25) is 0 Å². The molecule has 0 aliphatic rings. The molecule has 1 amide bonds. The van der Waals surface area contributed by atoms with E-state index >= 15 is 0 Å². The van der Waals surface area contributed by atoms with Crippen molar-refractivity contribution in [2.75, 3.05) is 6.54 Å². The van der Waals surface area contributed by atoms with E-state index < -0.39 is 5.60 Å². The minimum absolute atomic E-state index is 0.0964. The maximum Gasteiger partial charge on any atom is 0.251 e. The van der Waals surface area contributed by atoms with Crippen LogP contribution in [0.4, 0.5) is 0 Å². The first-order valence-corrected chi connectivity index (χ1v) is 8.11. The van der Waals surface area contributed by atoms with Gasteiger partial charge in [-0.05, 0) is 43.2 Å². The number of benzene rings is 1. The van der Waals surface area contributed by atoms with Gasteiger partial charge in [-0.15, -0.1) is 0 Å². The summed E-state index contributed by atoms with van der Waals surface area (Å²) in [5, 5.41) is 13.2. The van der Waals surface area contributed by atoms with Crippen molar-refractivity contribution in [2.45, 2.75) is 32.8 Å². The van der Waals surface area contributed by atoms with Crippen molar-refractivity contribution in [1.29, 1.82) is 0 Å². The molecule has 1 aromatic carbocycles. The third-order valence-electron chi connectivity index (χ3n) is 4.26. The van der Waals surface area contributed by atoms with E-state index in [1.807, 2.05) is 13.8 Å². The van der Waals surface area contributed by atoms with E-state index in [9.17, 15) is 9.90 Å². The van der Waals surface area contributed by atoms with Crippen LogP contribution in [0.15, 0.2) is 48.8 Å². The van der Waals surface area contributed by atoms with Crippen LogP contribution < -0.4 is 10.1 Å². The molecule has 0 aliphatic heterocycles. The predicted octanol–water partition coefficient (Wildman–Crippen LogP) is 3.40. The molecular weight excluding hydrogens is 304 g/mol. The highest BCUT2D eigenvalue weighted by Gasteiger charge is 2.27. The van der Waals surface area contributed by atoms with E-state index in [2.05, 4.69) is 10.3 Å². The highest BCUT2D eigenvalue weighted by molar-refractivity contribution is 5.94. The monoisotopic (exact) mass is 328 g/mol. The van der Waals surface area contributed by atoms with Crippen LogP contribution in [0.25, 0.3) is 0 Å². The molecule has 0 bridgehead atoms. The van der Waals surface area contributed by atoms with E-state index in [1.54, 1.807) is 55.7 Å². The molecule has 2 atom stereocenters. The highest BCUT2D eigenvalue weighted by Crippen LogP contribution is 2.22. The summed E-state index contributed by atoms with van der Waals surface area (Å²) in [6.07, 6.45) is 4.13. The fourth-order valence-electron chi connectivity index (χ4n) is 2.22. The maximum absolute atomic E-state index is 12.3. The Hall–Kier alpha value is -2.40. The molecule has 1 heterocycles. The Morgan fingerprint density at radius 3 is 2.67 bits per heavy atom. The van der Waals surface area contributed by atoms with Gasteiger partial charge < -0.3 is 15.2 Å². The van der Waals surface area contributed by atoms with Gasteiger partial charge in [0, 0.05) is 24.5 Å². The Bertz CT molecular complexity index is 671. The minimum Gasteiger partial charge on any atom is -0.457 e. The average molecular weight is 328 g/mol. The van der Waals surface area contributed by atoms with Gasteiger partial charge in [-0.2, -0.15) is 0 Å². The molecule has 0 spiro atoms. The normalized spacial score (nSPS) is 14.5. The van der Waals surface area contributed by atoms with E-state index in [-0.39, 0.29) is 18.4 Å². The Balaban J connectivity index is 2.01. The molecule has 0 radical (unpaired) electrons. The Kier molecular flexibility index (Phi) is 5.93. The molecule has 0 aliphatic carbocycles. The number of rotatable bonds is 7. The van der Waals surface area contributed by atoms with Gasteiger partial charge in [0.25, 0.3) is 5.91 Å². The van der Waals surface area contributed by atoms with Crippen molar-refractivity contribution in [3.05, 3.63) is 54.4 Å². The molecule has 1 aromatic heterocycles. The van der Waals surface area contributed by atoms with Crippen LogP contribution in [-0.2, 0) is 0 Å². The van der Waals surface area contributed by atoms with Gasteiger partial charge in [-0.3, -0.25) is 9.78 Å². The lowest BCUT2D eigenvalue weighted by molar-refractivity contribution is 0.00592. The number of carbonyl (C=O) groups excluding carboxylic acids is 1. The lowest BCUT2D eigenvalue weighted by atomic mass is 9.88. The van der Waals surface area contributed by atoms with Crippen LogP contribution in [-0.4, -0.2) is 28.1 Å². The van der Waals surface area contributed by atoms with Crippen molar-refractivity contribution in [1.82, 2.24) is 10.3 Å². The van der Waals surface area contributed by atoms with Crippen molar-refractivity contribution < 1.29 is 14.6 Å². The van der Waals surface area contributed by atoms with Gasteiger partial charge in [0.05, 0.1) is 5.60 Å². The van der Waals surface area contributed by atoms with Gasteiger partial charge in [0.2, 0.25) is 0 Å². The number of amides is 1. The van der Waals surface area contributed by atoms with Gasteiger partial charge in [0.1, 0.15) is 11.5 Å². The molecule has 5 heteroatoms. The topological polar surface area (TPSA) is 71.5 Å².